The topological polar surface area (TPSA) is 108 Å². The Hall–Kier alpha value is -2.03. The molecule has 0 rings (SSSR count). The van der Waals surface area contributed by atoms with Gasteiger partial charge in [0, 0.05) is 12.8 Å². The summed E-state index contributed by atoms with van der Waals surface area (Å²) in [6.07, 6.45) is 59.8. The first-order valence-corrected chi connectivity index (χ1v) is 28.9. The van der Waals surface area contributed by atoms with E-state index in [9.17, 15) is 19.0 Å². The number of quaternary nitrogens is 1. The maximum Gasteiger partial charge on any atom is 0.472 e. The van der Waals surface area contributed by atoms with Gasteiger partial charge in [-0.15, -0.1) is 0 Å². The van der Waals surface area contributed by atoms with Crippen LogP contribution in [0.2, 0.25) is 0 Å². The lowest BCUT2D eigenvalue weighted by Crippen LogP contribution is -2.37. The molecule has 0 aliphatic heterocycles. The van der Waals surface area contributed by atoms with Crippen LogP contribution in [0.1, 0.15) is 245 Å². The summed E-state index contributed by atoms with van der Waals surface area (Å²) >= 11 is 0. The number of carbonyl (C=O) groups excluding carboxylic acids is 2. The summed E-state index contributed by atoms with van der Waals surface area (Å²) in [6.45, 7) is 4.24. The molecule has 0 bridgehead atoms. The van der Waals surface area contributed by atoms with Crippen LogP contribution < -0.4 is 0 Å². The second-order valence-corrected chi connectivity index (χ2v) is 21.0. The van der Waals surface area contributed by atoms with E-state index in [1.807, 2.05) is 21.1 Å². The van der Waals surface area contributed by atoms with Gasteiger partial charge < -0.3 is 18.9 Å². The van der Waals surface area contributed by atoms with E-state index in [1.165, 1.54) is 141 Å². The van der Waals surface area contributed by atoms with Crippen molar-refractivity contribution in [2.75, 3.05) is 47.5 Å². The molecule has 1 N–H and O–H groups in total. The molecular weight excluding hydrogens is 846 g/mol. The molecule has 2 atom stereocenters. The molecule has 0 aromatic rings. The molecular formula is C56H105NO8P+. The highest BCUT2D eigenvalue weighted by atomic mass is 31.2. The Labute approximate surface area is 407 Å². The number of rotatable bonds is 50. The van der Waals surface area contributed by atoms with E-state index in [-0.39, 0.29) is 32.0 Å². The first-order chi connectivity index (χ1) is 32.0. The summed E-state index contributed by atoms with van der Waals surface area (Å²) in [6, 6.07) is 0. The van der Waals surface area contributed by atoms with Crippen LogP contribution in [0.3, 0.4) is 0 Å². The van der Waals surface area contributed by atoms with Gasteiger partial charge in [0.05, 0.1) is 27.7 Å². The third-order valence-corrected chi connectivity index (χ3v) is 12.9. The van der Waals surface area contributed by atoms with Crippen molar-refractivity contribution in [2.45, 2.75) is 251 Å². The molecule has 9 nitrogen and oxygen atoms in total. The number of hydrogen-bond donors (Lipinski definition) is 1. The van der Waals surface area contributed by atoms with Gasteiger partial charge in [-0.3, -0.25) is 18.6 Å². The second kappa shape index (κ2) is 48.0. The van der Waals surface area contributed by atoms with Crippen molar-refractivity contribution in [1.29, 1.82) is 0 Å². The highest BCUT2D eigenvalue weighted by Gasteiger charge is 2.27. The fraction of sp³-hybridized carbons (Fsp3) is 0.821. The van der Waals surface area contributed by atoms with Crippen LogP contribution in [-0.4, -0.2) is 74.9 Å². The van der Waals surface area contributed by atoms with Gasteiger partial charge in [0.25, 0.3) is 0 Å². The molecule has 0 saturated heterocycles. The van der Waals surface area contributed by atoms with Crippen LogP contribution in [0.5, 0.6) is 0 Å². The lowest BCUT2D eigenvalue weighted by molar-refractivity contribution is -0.870. The highest BCUT2D eigenvalue weighted by molar-refractivity contribution is 7.47. The van der Waals surface area contributed by atoms with E-state index >= 15 is 0 Å². The summed E-state index contributed by atoms with van der Waals surface area (Å²) in [4.78, 5) is 35.1. The van der Waals surface area contributed by atoms with E-state index < -0.39 is 26.5 Å². The van der Waals surface area contributed by atoms with Crippen molar-refractivity contribution in [3.8, 4) is 0 Å². The Morgan fingerprint density at radius 3 is 1.29 bits per heavy atom. The highest BCUT2D eigenvalue weighted by Crippen LogP contribution is 2.43. The predicted molar refractivity (Wildman–Crippen MR) is 280 cm³/mol. The minimum atomic E-state index is -4.36. The summed E-state index contributed by atoms with van der Waals surface area (Å²) in [5.41, 5.74) is 0. The standard InChI is InChI=1S/C56H104NO8P/c1-6-8-10-12-13-14-15-16-17-18-19-20-21-22-23-24-25-26-27-28-29-30-31-32-33-34-35-36-37-38-39-40-41-42-43-45-47-49-56(59)65-54(52-62-55(58)48-46-44-11-9-7-2)53-64-66(60,61)63-51-50-57(3,4)5/h8,10,13-14,16-17,19-20,54H,6-7,9,11-12,15,18,21-53H2,1-5H3/p+1/b10-8-,14-13-,17-16-,20-19-. The number of unbranched alkanes of at least 4 members (excludes halogenated alkanes) is 28. The van der Waals surface area contributed by atoms with Gasteiger partial charge in [0.2, 0.25) is 0 Å². The summed E-state index contributed by atoms with van der Waals surface area (Å²) in [7, 11) is 1.48. The number of esters is 2. The SMILES string of the molecule is CC/C=C\C/C=C\C/C=C\C/C=C\CCCCCCCCCCCCCCCCCCCCCCCCCCC(=O)OC(COC(=O)CCCCCCC)COP(=O)(O)OCC[N+](C)(C)C. The molecule has 0 aliphatic rings. The minimum absolute atomic E-state index is 0.0337. The van der Waals surface area contributed by atoms with Crippen molar-refractivity contribution in [3.63, 3.8) is 0 Å². The minimum Gasteiger partial charge on any atom is -0.462 e. The fourth-order valence-corrected chi connectivity index (χ4v) is 8.40. The summed E-state index contributed by atoms with van der Waals surface area (Å²) in [5, 5.41) is 0. The zero-order valence-corrected chi connectivity index (χ0v) is 44.6. The van der Waals surface area contributed by atoms with Gasteiger partial charge in [0.15, 0.2) is 6.10 Å². The normalized spacial score (nSPS) is 13.7. The molecule has 2 unspecified atom stereocenters. The molecule has 0 amide bonds. The first-order valence-electron chi connectivity index (χ1n) is 27.4. The lowest BCUT2D eigenvalue weighted by atomic mass is 10.0. The first kappa shape index (κ1) is 64.0. The largest absolute Gasteiger partial charge is 0.472 e. The molecule has 10 heteroatoms. The smallest absolute Gasteiger partial charge is 0.462 e. The fourth-order valence-electron chi connectivity index (χ4n) is 7.65. The monoisotopic (exact) mass is 951 g/mol. The number of hydrogen-bond acceptors (Lipinski definition) is 7. The number of likely N-dealkylation sites (N-methyl/N-ethyl adjacent to an activating group) is 1. The van der Waals surface area contributed by atoms with Crippen LogP contribution >= 0.6 is 7.82 Å². The molecule has 386 valence electrons. The average Bonchev–Trinajstić information content (AvgIpc) is 3.27. The Kier molecular flexibility index (Phi) is 46.5. The second-order valence-electron chi connectivity index (χ2n) is 19.6. The van der Waals surface area contributed by atoms with Gasteiger partial charge in [-0.1, -0.05) is 229 Å². The number of nitrogens with zero attached hydrogens (tertiary/aromatic N) is 1. The maximum atomic E-state index is 12.7. The zero-order valence-electron chi connectivity index (χ0n) is 43.7. The van der Waals surface area contributed by atoms with Crippen LogP contribution in [0.4, 0.5) is 0 Å². The quantitative estimate of drug-likeness (QED) is 0.0211. The predicted octanol–water partition coefficient (Wildman–Crippen LogP) is 16.6. The number of allylic oxidation sites excluding steroid dienone is 8. The van der Waals surface area contributed by atoms with Crippen molar-refractivity contribution in [3.05, 3.63) is 48.6 Å². The van der Waals surface area contributed by atoms with E-state index in [0.717, 1.165) is 70.6 Å². The molecule has 0 spiro atoms. The molecule has 0 fully saturated rings. The average molecular weight is 951 g/mol. The Morgan fingerprint density at radius 1 is 0.485 bits per heavy atom. The molecule has 66 heavy (non-hydrogen) atoms. The number of phosphoric ester groups is 1. The summed E-state index contributed by atoms with van der Waals surface area (Å²) in [5.74, 6) is -0.803. The van der Waals surface area contributed by atoms with Crippen molar-refractivity contribution < 1.29 is 42.1 Å². The number of carbonyl (C=O) groups is 2. The summed E-state index contributed by atoms with van der Waals surface area (Å²) < 4.78 is 34.2. The van der Waals surface area contributed by atoms with Gasteiger partial charge in [-0.05, 0) is 51.4 Å². The van der Waals surface area contributed by atoms with E-state index in [0.29, 0.717) is 17.4 Å². The third-order valence-electron chi connectivity index (χ3n) is 11.9. The van der Waals surface area contributed by atoms with E-state index in [4.69, 9.17) is 18.5 Å². The van der Waals surface area contributed by atoms with Crippen LogP contribution in [0, 0.1) is 0 Å². The number of ether oxygens (including phenoxy) is 2. The van der Waals surface area contributed by atoms with Crippen LogP contribution in [0.25, 0.3) is 0 Å². The molecule has 0 aliphatic carbocycles. The van der Waals surface area contributed by atoms with Gasteiger partial charge in [-0.25, -0.2) is 4.57 Å². The molecule has 0 aromatic carbocycles. The Balaban J connectivity index is 3.76. The Bertz CT molecular complexity index is 1260. The number of phosphoric acid groups is 1. The molecule has 0 heterocycles. The van der Waals surface area contributed by atoms with E-state index in [1.54, 1.807) is 0 Å². The van der Waals surface area contributed by atoms with Gasteiger partial charge >= 0.3 is 19.8 Å². The van der Waals surface area contributed by atoms with Crippen LogP contribution in [0.15, 0.2) is 48.6 Å². The van der Waals surface area contributed by atoms with Crippen LogP contribution in [-0.2, 0) is 32.7 Å². The zero-order chi connectivity index (χ0) is 48.5. The van der Waals surface area contributed by atoms with Crippen molar-refractivity contribution >= 4 is 19.8 Å². The van der Waals surface area contributed by atoms with Crippen molar-refractivity contribution in [1.82, 2.24) is 0 Å². The molecule has 0 aromatic heterocycles. The lowest BCUT2D eigenvalue weighted by Gasteiger charge is -2.24. The Morgan fingerprint density at radius 2 is 0.864 bits per heavy atom. The molecule has 0 radical (unpaired) electrons. The van der Waals surface area contributed by atoms with Crippen molar-refractivity contribution in [2.24, 2.45) is 0 Å². The van der Waals surface area contributed by atoms with Gasteiger partial charge in [-0.2, -0.15) is 0 Å². The maximum absolute atomic E-state index is 12.7. The van der Waals surface area contributed by atoms with E-state index in [2.05, 4.69) is 62.5 Å². The molecule has 0 saturated carbocycles. The third kappa shape index (κ3) is 51.4. The van der Waals surface area contributed by atoms with Gasteiger partial charge in [0.1, 0.15) is 19.8 Å².